The van der Waals surface area contributed by atoms with E-state index in [0.717, 1.165) is 30.5 Å². The molecule has 0 aliphatic carbocycles. The molecular formula is C13H20N2O. The molecule has 0 bridgehead atoms. The third kappa shape index (κ3) is 3.93. The number of nitrogen functional groups attached to an aromatic ring is 1. The molecule has 16 heavy (non-hydrogen) atoms. The summed E-state index contributed by atoms with van der Waals surface area (Å²) < 4.78 is 0. The maximum Gasteiger partial charge on any atom is 0.224 e. The van der Waals surface area contributed by atoms with Gasteiger partial charge in [0.2, 0.25) is 5.91 Å². The molecule has 0 fully saturated rings. The van der Waals surface area contributed by atoms with Crippen molar-refractivity contribution in [2.75, 3.05) is 11.1 Å². The van der Waals surface area contributed by atoms with Gasteiger partial charge in [0.05, 0.1) is 0 Å². The van der Waals surface area contributed by atoms with Crippen molar-refractivity contribution in [1.29, 1.82) is 0 Å². The number of carbonyl (C=O) groups excluding carboxylic acids is 1. The Balaban J connectivity index is 2.52. The highest BCUT2D eigenvalue weighted by atomic mass is 16.1. The lowest BCUT2D eigenvalue weighted by Gasteiger charge is -2.08. The number of anilines is 2. The van der Waals surface area contributed by atoms with Gasteiger partial charge in [-0.15, -0.1) is 0 Å². The molecule has 0 aliphatic rings. The van der Waals surface area contributed by atoms with Crippen LogP contribution in [0.25, 0.3) is 0 Å². The summed E-state index contributed by atoms with van der Waals surface area (Å²) in [5.74, 6) is 0.0714. The topological polar surface area (TPSA) is 55.1 Å². The summed E-state index contributed by atoms with van der Waals surface area (Å²) in [6.45, 7) is 4.08. The molecule has 1 aromatic carbocycles. The Morgan fingerprint density at radius 2 is 2.12 bits per heavy atom. The molecular weight excluding hydrogens is 200 g/mol. The Bertz CT molecular complexity index is 361. The number of benzene rings is 1. The number of amides is 1. The van der Waals surface area contributed by atoms with Gasteiger partial charge >= 0.3 is 0 Å². The van der Waals surface area contributed by atoms with Gasteiger partial charge in [-0.05, 0) is 31.0 Å². The van der Waals surface area contributed by atoms with Crippen molar-refractivity contribution in [1.82, 2.24) is 0 Å². The predicted molar refractivity (Wildman–Crippen MR) is 68.4 cm³/mol. The molecule has 0 spiro atoms. The van der Waals surface area contributed by atoms with Crippen LogP contribution in [0.2, 0.25) is 0 Å². The van der Waals surface area contributed by atoms with E-state index in [9.17, 15) is 4.79 Å². The van der Waals surface area contributed by atoms with Gasteiger partial charge in [0.25, 0.3) is 0 Å². The fourth-order valence-electron chi connectivity index (χ4n) is 1.52. The van der Waals surface area contributed by atoms with Crippen molar-refractivity contribution in [2.45, 2.75) is 39.5 Å². The Labute approximate surface area is 97.0 Å². The quantitative estimate of drug-likeness (QED) is 0.591. The maximum absolute atomic E-state index is 11.6. The van der Waals surface area contributed by atoms with Gasteiger partial charge in [-0.1, -0.05) is 25.8 Å². The fraction of sp³-hybridized carbons (Fsp3) is 0.462. The monoisotopic (exact) mass is 220 g/mol. The highest BCUT2D eigenvalue weighted by molar-refractivity contribution is 5.91. The molecule has 3 heteroatoms. The minimum Gasteiger partial charge on any atom is -0.399 e. The summed E-state index contributed by atoms with van der Waals surface area (Å²) in [4.78, 5) is 11.6. The highest BCUT2D eigenvalue weighted by Crippen LogP contribution is 2.18. The van der Waals surface area contributed by atoms with E-state index in [2.05, 4.69) is 12.2 Å². The summed E-state index contributed by atoms with van der Waals surface area (Å²) in [5.41, 5.74) is 8.21. The molecule has 0 saturated carbocycles. The molecule has 1 amide bonds. The number of nitrogens with two attached hydrogens (primary N) is 1. The van der Waals surface area contributed by atoms with Crippen LogP contribution in [0.1, 0.15) is 38.2 Å². The molecule has 0 saturated heterocycles. The maximum atomic E-state index is 11.6. The smallest absolute Gasteiger partial charge is 0.224 e. The number of carbonyl (C=O) groups is 1. The number of hydrogen-bond donors (Lipinski definition) is 2. The lowest BCUT2D eigenvalue weighted by atomic mass is 10.1. The van der Waals surface area contributed by atoms with Crippen molar-refractivity contribution < 1.29 is 4.79 Å². The minimum absolute atomic E-state index is 0.0714. The Morgan fingerprint density at radius 3 is 2.81 bits per heavy atom. The number of rotatable bonds is 5. The standard InChI is InChI=1S/C13H20N2O/c1-3-4-5-6-13(16)15-12-9-11(14)8-7-10(12)2/h7-9H,3-6,14H2,1-2H3,(H,15,16). The van der Waals surface area contributed by atoms with Crippen LogP contribution in [0, 0.1) is 6.92 Å². The lowest BCUT2D eigenvalue weighted by molar-refractivity contribution is -0.116. The van der Waals surface area contributed by atoms with Crippen LogP contribution in [0.4, 0.5) is 11.4 Å². The van der Waals surface area contributed by atoms with Gasteiger partial charge in [0.1, 0.15) is 0 Å². The molecule has 0 atom stereocenters. The van der Waals surface area contributed by atoms with E-state index < -0.39 is 0 Å². The zero-order valence-electron chi connectivity index (χ0n) is 10.0. The summed E-state index contributed by atoms with van der Waals surface area (Å²) in [7, 11) is 0. The van der Waals surface area contributed by atoms with Crippen LogP contribution < -0.4 is 11.1 Å². The lowest BCUT2D eigenvalue weighted by Crippen LogP contribution is -2.12. The van der Waals surface area contributed by atoms with Crippen LogP contribution in [0.5, 0.6) is 0 Å². The minimum atomic E-state index is 0.0714. The first-order chi connectivity index (χ1) is 7.63. The predicted octanol–water partition coefficient (Wildman–Crippen LogP) is 3.10. The number of aryl methyl sites for hydroxylation is 1. The summed E-state index contributed by atoms with van der Waals surface area (Å²) in [6.07, 6.45) is 3.76. The van der Waals surface area contributed by atoms with Crippen molar-refractivity contribution in [3.8, 4) is 0 Å². The van der Waals surface area contributed by atoms with Crippen LogP contribution >= 0.6 is 0 Å². The van der Waals surface area contributed by atoms with Crippen LogP contribution in [0.15, 0.2) is 18.2 Å². The Morgan fingerprint density at radius 1 is 1.38 bits per heavy atom. The van der Waals surface area contributed by atoms with Crippen LogP contribution in [-0.2, 0) is 4.79 Å². The van der Waals surface area contributed by atoms with E-state index in [0.29, 0.717) is 12.1 Å². The molecule has 1 aromatic rings. The van der Waals surface area contributed by atoms with Crippen LogP contribution in [-0.4, -0.2) is 5.91 Å². The normalized spacial score (nSPS) is 10.1. The van der Waals surface area contributed by atoms with Gasteiger partial charge in [-0.2, -0.15) is 0 Å². The molecule has 0 unspecified atom stereocenters. The van der Waals surface area contributed by atoms with Gasteiger partial charge < -0.3 is 11.1 Å². The van der Waals surface area contributed by atoms with Crippen molar-refractivity contribution in [2.24, 2.45) is 0 Å². The molecule has 3 nitrogen and oxygen atoms in total. The zero-order valence-corrected chi connectivity index (χ0v) is 10.0. The first-order valence-corrected chi connectivity index (χ1v) is 5.79. The van der Waals surface area contributed by atoms with Gasteiger partial charge in [-0.3, -0.25) is 4.79 Å². The highest BCUT2D eigenvalue weighted by Gasteiger charge is 2.04. The van der Waals surface area contributed by atoms with Crippen molar-refractivity contribution in [3.63, 3.8) is 0 Å². The van der Waals surface area contributed by atoms with Gasteiger partial charge in [0.15, 0.2) is 0 Å². The Kier molecular flexibility index (Phi) is 4.83. The Hall–Kier alpha value is -1.51. The van der Waals surface area contributed by atoms with E-state index in [1.165, 1.54) is 0 Å². The fourth-order valence-corrected chi connectivity index (χ4v) is 1.52. The van der Waals surface area contributed by atoms with Gasteiger partial charge in [-0.25, -0.2) is 0 Å². The van der Waals surface area contributed by atoms with E-state index in [4.69, 9.17) is 5.73 Å². The molecule has 0 heterocycles. The second-order valence-electron chi connectivity index (χ2n) is 4.08. The number of unbranched alkanes of at least 4 members (excludes halogenated alkanes) is 2. The molecule has 1 rings (SSSR count). The second kappa shape index (κ2) is 6.16. The van der Waals surface area contributed by atoms with E-state index in [1.807, 2.05) is 19.1 Å². The van der Waals surface area contributed by atoms with E-state index in [-0.39, 0.29) is 5.91 Å². The third-order valence-corrected chi connectivity index (χ3v) is 2.54. The first kappa shape index (κ1) is 12.6. The second-order valence-corrected chi connectivity index (χ2v) is 4.08. The number of hydrogen-bond acceptors (Lipinski definition) is 2. The largest absolute Gasteiger partial charge is 0.399 e. The average molecular weight is 220 g/mol. The van der Waals surface area contributed by atoms with E-state index in [1.54, 1.807) is 6.07 Å². The van der Waals surface area contributed by atoms with Crippen molar-refractivity contribution in [3.05, 3.63) is 23.8 Å². The van der Waals surface area contributed by atoms with Gasteiger partial charge in [0, 0.05) is 17.8 Å². The SMILES string of the molecule is CCCCCC(=O)Nc1cc(N)ccc1C. The average Bonchev–Trinajstić information content (AvgIpc) is 2.24. The molecule has 0 aliphatic heterocycles. The van der Waals surface area contributed by atoms with Crippen molar-refractivity contribution >= 4 is 17.3 Å². The summed E-state index contributed by atoms with van der Waals surface area (Å²) in [6, 6.07) is 5.55. The molecule has 0 radical (unpaired) electrons. The zero-order chi connectivity index (χ0) is 12.0. The first-order valence-electron chi connectivity index (χ1n) is 5.79. The molecule has 88 valence electrons. The van der Waals surface area contributed by atoms with E-state index >= 15 is 0 Å². The number of nitrogens with one attached hydrogen (secondary N) is 1. The summed E-state index contributed by atoms with van der Waals surface area (Å²) in [5, 5.41) is 2.89. The third-order valence-electron chi connectivity index (χ3n) is 2.54. The molecule has 3 N–H and O–H groups in total. The summed E-state index contributed by atoms with van der Waals surface area (Å²) >= 11 is 0. The molecule has 0 aromatic heterocycles. The van der Waals surface area contributed by atoms with Crippen LogP contribution in [0.3, 0.4) is 0 Å².